The Morgan fingerprint density at radius 1 is 1.10 bits per heavy atom. The van der Waals surface area contributed by atoms with E-state index >= 15 is 0 Å². The van der Waals surface area contributed by atoms with Crippen LogP contribution in [0.2, 0.25) is 0 Å². The maximum Gasteiger partial charge on any atom is 0.275 e. The molecule has 1 spiro atoms. The first kappa shape index (κ1) is 20.3. The Bertz CT molecular complexity index is 959. The molecule has 1 aliphatic heterocycles. The van der Waals surface area contributed by atoms with Crippen LogP contribution < -0.4 is 5.32 Å². The van der Waals surface area contributed by atoms with Crippen LogP contribution in [0, 0.1) is 5.92 Å². The first-order chi connectivity index (χ1) is 14.5. The lowest BCUT2D eigenvalue weighted by atomic mass is 9.82. The van der Waals surface area contributed by atoms with Crippen molar-refractivity contribution in [2.45, 2.75) is 51.6 Å². The van der Waals surface area contributed by atoms with Crippen molar-refractivity contribution >= 4 is 23.2 Å². The standard InChI is InChI=1S/C25H29N3O2/c1-3-19-9-7-8-12-21(19)26-22(29)17-28-24(30)23(20-10-5-4-6-11-20)27-25(28)15-13-18(2)14-16-25/h4-12,18H,3,13-17H2,1-2H3,(H,26,29). The fraction of sp³-hybridized carbons (Fsp3) is 0.400. The van der Waals surface area contributed by atoms with E-state index in [9.17, 15) is 9.59 Å². The maximum atomic E-state index is 13.4. The van der Waals surface area contributed by atoms with Crippen LogP contribution in [0.3, 0.4) is 0 Å². The van der Waals surface area contributed by atoms with Gasteiger partial charge < -0.3 is 10.2 Å². The molecule has 0 radical (unpaired) electrons. The van der Waals surface area contributed by atoms with Crippen LogP contribution in [0.15, 0.2) is 59.6 Å². The molecule has 2 amide bonds. The molecule has 4 rings (SSSR count). The van der Waals surface area contributed by atoms with Crippen LogP contribution >= 0.6 is 0 Å². The smallest absolute Gasteiger partial charge is 0.275 e. The highest BCUT2D eigenvalue weighted by Gasteiger charge is 2.49. The van der Waals surface area contributed by atoms with E-state index in [2.05, 4.69) is 19.2 Å². The van der Waals surface area contributed by atoms with Crippen molar-refractivity contribution < 1.29 is 9.59 Å². The normalized spacial score (nSPS) is 23.5. The van der Waals surface area contributed by atoms with Crippen molar-refractivity contribution in [3.05, 3.63) is 65.7 Å². The van der Waals surface area contributed by atoms with Gasteiger partial charge in [0, 0.05) is 11.3 Å². The van der Waals surface area contributed by atoms with Gasteiger partial charge in [-0.15, -0.1) is 0 Å². The average molecular weight is 404 g/mol. The molecule has 0 bridgehead atoms. The van der Waals surface area contributed by atoms with Gasteiger partial charge in [-0.05, 0) is 49.7 Å². The topological polar surface area (TPSA) is 61.8 Å². The number of benzene rings is 2. The summed E-state index contributed by atoms with van der Waals surface area (Å²) in [5.41, 5.74) is 2.59. The first-order valence-electron chi connectivity index (χ1n) is 10.9. The van der Waals surface area contributed by atoms with Crippen LogP contribution in [0.5, 0.6) is 0 Å². The number of amides is 2. The molecule has 0 saturated heterocycles. The molecule has 5 heteroatoms. The molecule has 1 aliphatic carbocycles. The van der Waals surface area contributed by atoms with Gasteiger partial charge in [-0.25, -0.2) is 0 Å². The molecule has 0 atom stereocenters. The molecule has 2 aromatic carbocycles. The number of aliphatic imine (C=N–C) groups is 1. The minimum atomic E-state index is -0.601. The van der Waals surface area contributed by atoms with Gasteiger partial charge in [-0.2, -0.15) is 0 Å². The molecule has 0 aromatic heterocycles. The highest BCUT2D eigenvalue weighted by Crippen LogP contribution is 2.41. The summed E-state index contributed by atoms with van der Waals surface area (Å²) in [7, 11) is 0. The Morgan fingerprint density at radius 2 is 1.77 bits per heavy atom. The van der Waals surface area contributed by atoms with Gasteiger partial charge in [-0.3, -0.25) is 14.6 Å². The number of nitrogens with one attached hydrogen (secondary N) is 1. The summed E-state index contributed by atoms with van der Waals surface area (Å²) in [6.07, 6.45) is 4.46. The molecular formula is C25H29N3O2. The van der Waals surface area contributed by atoms with Gasteiger partial charge in [0.1, 0.15) is 17.9 Å². The summed E-state index contributed by atoms with van der Waals surface area (Å²) in [6, 6.07) is 17.4. The lowest BCUT2D eigenvalue weighted by Gasteiger charge is -2.40. The van der Waals surface area contributed by atoms with E-state index in [-0.39, 0.29) is 18.4 Å². The second-order valence-corrected chi connectivity index (χ2v) is 8.44. The average Bonchev–Trinajstić information content (AvgIpc) is 3.03. The number of anilines is 1. The Hall–Kier alpha value is -2.95. The quantitative estimate of drug-likeness (QED) is 0.803. The van der Waals surface area contributed by atoms with Crippen molar-refractivity contribution in [2.24, 2.45) is 10.9 Å². The van der Waals surface area contributed by atoms with E-state index in [0.29, 0.717) is 11.6 Å². The minimum absolute atomic E-state index is 0.0189. The zero-order valence-electron chi connectivity index (χ0n) is 17.7. The fourth-order valence-corrected chi connectivity index (χ4v) is 4.53. The van der Waals surface area contributed by atoms with Gasteiger partial charge in [0.15, 0.2) is 0 Å². The SMILES string of the molecule is CCc1ccccc1NC(=O)CN1C(=O)C(c2ccccc2)=NC12CCC(C)CC2. The minimum Gasteiger partial charge on any atom is -0.324 e. The van der Waals surface area contributed by atoms with Gasteiger partial charge >= 0.3 is 0 Å². The first-order valence-corrected chi connectivity index (χ1v) is 10.9. The highest BCUT2D eigenvalue weighted by atomic mass is 16.2. The van der Waals surface area contributed by atoms with E-state index < -0.39 is 5.66 Å². The predicted molar refractivity (Wildman–Crippen MR) is 120 cm³/mol. The van der Waals surface area contributed by atoms with E-state index in [1.807, 2.05) is 54.6 Å². The van der Waals surface area contributed by atoms with Crippen molar-refractivity contribution in [2.75, 3.05) is 11.9 Å². The van der Waals surface area contributed by atoms with E-state index in [1.165, 1.54) is 0 Å². The van der Waals surface area contributed by atoms with Gasteiger partial charge in [0.25, 0.3) is 5.91 Å². The molecule has 5 nitrogen and oxygen atoms in total. The molecule has 2 aromatic rings. The lowest BCUT2D eigenvalue weighted by molar-refractivity contribution is -0.134. The molecule has 0 unspecified atom stereocenters. The zero-order chi connectivity index (χ0) is 21.1. The lowest BCUT2D eigenvalue weighted by Crippen LogP contribution is -2.51. The highest BCUT2D eigenvalue weighted by molar-refractivity contribution is 6.47. The number of carbonyl (C=O) groups excluding carboxylic acids is 2. The number of carbonyl (C=O) groups is 2. The number of para-hydroxylation sites is 1. The summed E-state index contributed by atoms with van der Waals surface area (Å²) >= 11 is 0. The van der Waals surface area contributed by atoms with Crippen LogP contribution in [0.4, 0.5) is 5.69 Å². The van der Waals surface area contributed by atoms with E-state index in [1.54, 1.807) is 4.90 Å². The molecule has 1 heterocycles. The number of aryl methyl sites for hydroxylation is 1. The fourth-order valence-electron chi connectivity index (χ4n) is 4.53. The van der Waals surface area contributed by atoms with Crippen LogP contribution in [0.25, 0.3) is 0 Å². The number of hydrogen-bond donors (Lipinski definition) is 1. The number of rotatable bonds is 5. The second kappa shape index (κ2) is 8.42. The van der Waals surface area contributed by atoms with Crippen LogP contribution in [0.1, 0.15) is 50.7 Å². The molecule has 30 heavy (non-hydrogen) atoms. The molecular weight excluding hydrogens is 374 g/mol. The molecule has 2 aliphatic rings. The van der Waals surface area contributed by atoms with Gasteiger partial charge in [0.05, 0.1) is 0 Å². The molecule has 1 fully saturated rings. The van der Waals surface area contributed by atoms with Gasteiger partial charge in [0.2, 0.25) is 5.91 Å². The second-order valence-electron chi connectivity index (χ2n) is 8.44. The zero-order valence-corrected chi connectivity index (χ0v) is 17.7. The number of hydrogen-bond acceptors (Lipinski definition) is 3. The van der Waals surface area contributed by atoms with Crippen molar-refractivity contribution in [3.8, 4) is 0 Å². The summed E-state index contributed by atoms with van der Waals surface area (Å²) < 4.78 is 0. The Balaban J connectivity index is 1.59. The Labute approximate surface area is 178 Å². The molecule has 1 N–H and O–H groups in total. The Morgan fingerprint density at radius 3 is 2.47 bits per heavy atom. The van der Waals surface area contributed by atoms with Crippen molar-refractivity contribution in [1.82, 2.24) is 4.90 Å². The number of nitrogens with zero attached hydrogens (tertiary/aromatic N) is 2. The summed E-state index contributed by atoms with van der Waals surface area (Å²) in [6.45, 7) is 4.32. The van der Waals surface area contributed by atoms with Crippen molar-refractivity contribution in [3.63, 3.8) is 0 Å². The predicted octanol–water partition coefficient (Wildman–Crippen LogP) is 4.43. The third-order valence-corrected chi connectivity index (χ3v) is 6.37. The van der Waals surface area contributed by atoms with Crippen molar-refractivity contribution in [1.29, 1.82) is 0 Å². The largest absolute Gasteiger partial charge is 0.324 e. The monoisotopic (exact) mass is 403 g/mol. The summed E-state index contributed by atoms with van der Waals surface area (Å²) in [4.78, 5) is 33.0. The maximum absolute atomic E-state index is 13.4. The summed E-state index contributed by atoms with van der Waals surface area (Å²) in [5, 5.41) is 3.01. The third kappa shape index (κ3) is 3.89. The van der Waals surface area contributed by atoms with Gasteiger partial charge in [-0.1, -0.05) is 62.4 Å². The third-order valence-electron chi connectivity index (χ3n) is 6.37. The molecule has 156 valence electrons. The van der Waals surface area contributed by atoms with Crippen LogP contribution in [-0.4, -0.2) is 34.6 Å². The Kier molecular flexibility index (Phi) is 5.71. The van der Waals surface area contributed by atoms with E-state index in [0.717, 1.165) is 48.9 Å². The summed E-state index contributed by atoms with van der Waals surface area (Å²) in [5.74, 6) is 0.301. The van der Waals surface area contributed by atoms with Crippen LogP contribution in [-0.2, 0) is 16.0 Å². The molecule has 1 saturated carbocycles. The van der Waals surface area contributed by atoms with E-state index in [4.69, 9.17) is 4.99 Å².